The van der Waals surface area contributed by atoms with Crippen molar-refractivity contribution in [1.29, 1.82) is 0 Å². The number of halogens is 1. The second-order valence-corrected chi connectivity index (χ2v) is 6.53. The molecule has 0 bridgehead atoms. The van der Waals surface area contributed by atoms with Gasteiger partial charge in [-0.15, -0.1) is 0 Å². The zero-order valence-electron chi connectivity index (χ0n) is 13.4. The standard InChI is InChI=1S/C16H19BFNO3/c1-15(2)16(3,4)22-17(21-15)13-8-11(18)6-10-7-12(20-5)9-19-14(10)13/h6-9H,1-5H3. The van der Waals surface area contributed by atoms with Gasteiger partial charge in [0.25, 0.3) is 0 Å². The molecule has 1 aliphatic heterocycles. The highest BCUT2D eigenvalue weighted by Gasteiger charge is 2.52. The summed E-state index contributed by atoms with van der Waals surface area (Å²) in [5.41, 5.74) is 0.281. The van der Waals surface area contributed by atoms with Crippen LogP contribution in [0.4, 0.5) is 4.39 Å². The van der Waals surface area contributed by atoms with Gasteiger partial charge in [0, 0.05) is 10.8 Å². The Morgan fingerprint density at radius 2 is 1.73 bits per heavy atom. The van der Waals surface area contributed by atoms with Crippen molar-refractivity contribution in [3.8, 4) is 5.75 Å². The van der Waals surface area contributed by atoms with Crippen LogP contribution in [0.15, 0.2) is 24.4 Å². The fourth-order valence-corrected chi connectivity index (χ4v) is 2.48. The van der Waals surface area contributed by atoms with Crippen molar-refractivity contribution in [2.24, 2.45) is 0 Å². The quantitative estimate of drug-likeness (QED) is 0.800. The number of hydrogen-bond donors (Lipinski definition) is 0. The van der Waals surface area contributed by atoms with Gasteiger partial charge in [0.2, 0.25) is 0 Å². The Morgan fingerprint density at radius 3 is 2.32 bits per heavy atom. The molecule has 4 nitrogen and oxygen atoms in total. The minimum absolute atomic E-state index is 0.354. The summed E-state index contributed by atoms with van der Waals surface area (Å²) in [5.74, 6) is 0.227. The summed E-state index contributed by atoms with van der Waals surface area (Å²) < 4.78 is 31.2. The number of benzene rings is 1. The zero-order chi connectivity index (χ0) is 16.1. The molecule has 116 valence electrons. The summed E-state index contributed by atoms with van der Waals surface area (Å²) >= 11 is 0. The van der Waals surface area contributed by atoms with Crippen LogP contribution in [-0.4, -0.2) is 30.4 Å². The van der Waals surface area contributed by atoms with Crippen LogP contribution in [0.2, 0.25) is 0 Å². The Hall–Kier alpha value is -1.66. The van der Waals surface area contributed by atoms with Gasteiger partial charge in [0.15, 0.2) is 0 Å². The average Bonchev–Trinajstić information content (AvgIpc) is 2.65. The Bertz CT molecular complexity index is 717. The van der Waals surface area contributed by atoms with E-state index in [0.29, 0.717) is 22.1 Å². The van der Waals surface area contributed by atoms with E-state index in [9.17, 15) is 4.39 Å². The van der Waals surface area contributed by atoms with Gasteiger partial charge in [-0.25, -0.2) is 4.39 Å². The van der Waals surface area contributed by atoms with Crippen LogP contribution in [0.5, 0.6) is 5.75 Å². The molecular formula is C16H19BFNO3. The van der Waals surface area contributed by atoms with Crippen molar-refractivity contribution in [2.75, 3.05) is 7.11 Å². The van der Waals surface area contributed by atoms with Crippen LogP contribution in [0, 0.1) is 5.82 Å². The van der Waals surface area contributed by atoms with E-state index in [0.717, 1.165) is 0 Å². The Labute approximate surface area is 129 Å². The van der Waals surface area contributed by atoms with E-state index in [1.165, 1.54) is 12.1 Å². The highest BCUT2D eigenvalue weighted by molar-refractivity contribution is 6.64. The van der Waals surface area contributed by atoms with Crippen LogP contribution < -0.4 is 10.2 Å². The van der Waals surface area contributed by atoms with E-state index in [4.69, 9.17) is 14.0 Å². The summed E-state index contributed by atoms with van der Waals surface area (Å²) in [4.78, 5) is 4.38. The molecular weight excluding hydrogens is 284 g/mol. The number of aromatic nitrogens is 1. The molecule has 0 spiro atoms. The van der Waals surface area contributed by atoms with E-state index >= 15 is 0 Å². The average molecular weight is 303 g/mol. The van der Waals surface area contributed by atoms with Crippen molar-refractivity contribution in [3.05, 3.63) is 30.2 Å². The molecule has 0 aliphatic carbocycles. The highest BCUT2D eigenvalue weighted by Crippen LogP contribution is 2.37. The lowest BCUT2D eigenvalue weighted by Gasteiger charge is -2.32. The van der Waals surface area contributed by atoms with Gasteiger partial charge in [0.05, 0.1) is 30.0 Å². The van der Waals surface area contributed by atoms with Gasteiger partial charge in [-0.05, 0) is 45.9 Å². The number of hydrogen-bond acceptors (Lipinski definition) is 4. The monoisotopic (exact) mass is 303 g/mol. The Morgan fingerprint density at radius 1 is 1.09 bits per heavy atom. The molecule has 2 heterocycles. The van der Waals surface area contributed by atoms with Crippen LogP contribution in [-0.2, 0) is 9.31 Å². The van der Waals surface area contributed by atoms with Crippen molar-refractivity contribution < 1.29 is 18.4 Å². The second kappa shape index (κ2) is 4.93. The molecule has 0 atom stereocenters. The molecule has 2 aromatic rings. The fourth-order valence-electron chi connectivity index (χ4n) is 2.48. The number of rotatable bonds is 2. The third-order valence-corrected chi connectivity index (χ3v) is 4.50. The molecule has 3 rings (SSSR count). The highest BCUT2D eigenvalue weighted by atomic mass is 19.1. The number of fused-ring (bicyclic) bond motifs is 1. The molecule has 1 aromatic carbocycles. The number of nitrogens with zero attached hydrogens (tertiary/aromatic N) is 1. The zero-order valence-corrected chi connectivity index (χ0v) is 13.4. The molecule has 22 heavy (non-hydrogen) atoms. The first-order valence-electron chi connectivity index (χ1n) is 7.22. The number of methoxy groups -OCH3 is 1. The van der Waals surface area contributed by atoms with E-state index in [1.807, 2.05) is 27.7 Å². The Balaban J connectivity index is 2.12. The van der Waals surface area contributed by atoms with Crippen molar-refractivity contribution >= 4 is 23.5 Å². The lowest BCUT2D eigenvalue weighted by atomic mass is 9.77. The summed E-state index contributed by atoms with van der Waals surface area (Å²) in [6.45, 7) is 7.85. The third kappa shape index (κ3) is 2.36. The molecule has 0 radical (unpaired) electrons. The predicted molar refractivity (Wildman–Crippen MR) is 84.0 cm³/mol. The van der Waals surface area contributed by atoms with E-state index < -0.39 is 18.3 Å². The van der Waals surface area contributed by atoms with Crippen molar-refractivity contribution in [1.82, 2.24) is 4.98 Å². The molecule has 0 amide bonds. The minimum atomic E-state index is -0.649. The van der Waals surface area contributed by atoms with Crippen molar-refractivity contribution in [2.45, 2.75) is 38.9 Å². The Kier molecular flexibility index (Phi) is 3.42. The van der Waals surface area contributed by atoms with Crippen LogP contribution in [0.25, 0.3) is 10.9 Å². The van der Waals surface area contributed by atoms with E-state index in [2.05, 4.69) is 4.98 Å². The summed E-state index contributed by atoms with van der Waals surface area (Å²) in [6, 6.07) is 4.60. The van der Waals surface area contributed by atoms with Gasteiger partial charge in [-0.2, -0.15) is 0 Å². The normalized spacial score (nSPS) is 19.6. The van der Waals surface area contributed by atoms with E-state index in [-0.39, 0.29) is 5.82 Å². The lowest BCUT2D eigenvalue weighted by Crippen LogP contribution is -2.41. The number of pyridine rings is 1. The van der Waals surface area contributed by atoms with Crippen LogP contribution >= 0.6 is 0 Å². The largest absolute Gasteiger partial charge is 0.497 e. The van der Waals surface area contributed by atoms with Crippen molar-refractivity contribution in [3.63, 3.8) is 0 Å². The van der Waals surface area contributed by atoms with Gasteiger partial charge in [-0.3, -0.25) is 4.98 Å². The summed E-state index contributed by atoms with van der Waals surface area (Å²) in [5, 5.41) is 0.657. The van der Waals surface area contributed by atoms with Crippen LogP contribution in [0.3, 0.4) is 0 Å². The first kappa shape index (κ1) is 15.2. The fraction of sp³-hybridized carbons (Fsp3) is 0.438. The molecule has 1 saturated heterocycles. The predicted octanol–water partition coefficient (Wildman–Crippen LogP) is 2.68. The summed E-state index contributed by atoms with van der Waals surface area (Å²) in [7, 11) is 0.904. The number of ether oxygens (including phenoxy) is 1. The van der Waals surface area contributed by atoms with Gasteiger partial charge in [-0.1, -0.05) is 0 Å². The molecule has 6 heteroatoms. The molecule has 0 N–H and O–H groups in total. The molecule has 1 aromatic heterocycles. The maximum Gasteiger partial charge on any atom is 0.497 e. The lowest BCUT2D eigenvalue weighted by molar-refractivity contribution is 0.00578. The van der Waals surface area contributed by atoms with E-state index in [1.54, 1.807) is 19.4 Å². The van der Waals surface area contributed by atoms with Gasteiger partial charge < -0.3 is 14.0 Å². The molecule has 1 fully saturated rings. The topological polar surface area (TPSA) is 40.6 Å². The smallest absolute Gasteiger partial charge is 0.495 e. The van der Waals surface area contributed by atoms with Gasteiger partial charge >= 0.3 is 7.12 Å². The third-order valence-electron chi connectivity index (χ3n) is 4.50. The van der Waals surface area contributed by atoms with Gasteiger partial charge in [0.1, 0.15) is 11.6 Å². The minimum Gasteiger partial charge on any atom is -0.495 e. The maximum absolute atomic E-state index is 14.0. The molecule has 1 aliphatic rings. The second-order valence-electron chi connectivity index (χ2n) is 6.53. The summed E-state index contributed by atoms with van der Waals surface area (Å²) in [6.07, 6.45) is 1.61. The molecule has 0 saturated carbocycles. The van der Waals surface area contributed by atoms with Crippen LogP contribution in [0.1, 0.15) is 27.7 Å². The first-order valence-corrected chi connectivity index (χ1v) is 7.22. The first-order chi connectivity index (χ1) is 10.2. The maximum atomic E-state index is 14.0. The molecule has 0 unspecified atom stereocenters. The SMILES string of the molecule is COc1cnc2c(B3OC(C)(C)C(C)(C)O3)cc(F)cc2c1.